The molecule has 1 aromatic carbocycles. The Morgan fingerprint density at radius 3 is 2.67 bits per heavy atom. The Hall–Kier alpha value is -4.16. The summed E-state index contributed by atoms with van der Waals surface area (Å²) in [5.41, 5.74) is 1.55. The number of likely N-dealkylation sites (tertiary alicyclic amines) is 1. The predicted molar refractivity (Wildman–Crippen MR) is 179 cm³/mol. The van der Waals surface area contributed by atoms with Crippen molar-refractivity contribution >= 4 is 56.2 Å². The largest absolute Gasteiger partial charge is 0.377 e. The second-order valence-electron chi connectivity index (χ2n) is 12.0. The zero-order chi connectivity index (χ0) is 33.0. The minimum Gasteiger partial charge on any atom is -0.377 e. The van der Waals surface area contributed by atoms with Gasteiger partial charge in [0, 0.05) is 35.9 Å². The SMILES string of the molecule is C=CCCCCNC(=O)c1ccc2c(C(C)=O)nn(CC(=O)N3[C@H](C(=O)Nc4nc(Br)ccc4C)C[C@@]4(COCC=C)C[C@@H]34)c2c1. The van der Waals surface area contributed by atoms with Gasteiger partial charge in [-0.2, -0.15) is 5.10 Å². The highest BCUT2D eigenvalue weighted by atomic mass is 79.9. The molecule has 1 aliphatic heterocycles. The molecule has 2 aromatic heterocycles. The summed E-state index contributed by atoms with van der Waals surface area (Å²) in [6.07, 6.45) is 7.30. The van der Waals surface area contributed by atoms with Crippen molar-refractivity contribution < 1.29 is 23.9 Å². The number of halogens is 1. The number of fused-ring (bicyclic) bond motifs is 2. The number of allylic oxidation sites excluding steroid dienone is 1. The fourth-order valence-corrected chi connectivity index (χ4v) is 6.53. The molecule has 2 N–H and O–H groups in total. The number of carbonyl (C=O) groups is 4. The molecule has 3 atom stereocenters. The number of piperidine rings is 1. The summed E-state index contributed by atoms with van der Waals surface area (Å²) < 4.78 is 7.85. The Morgan fingerprint density at radius 1 is 1.13 bits per heavy atom. The van der Waals surface area contributed by atoms with Gasteiger partial charge in [0.15, 0.2) is 5.78 Å². The molecule has 1 saturated carbocycles. The van der Waals surface area contributed by atoms with Crippen molar-refractivity contribution in [1.82, 2.24) is 25.0 Å². The number of ether oxygens (including phenoxy) is 1. The molecule has 1 saturated heterocycles. The summed E-state index contributed by atoms with van der Waals surface area (Å²) in [6, 6.07) is 7.70. The van der Waals surface area contributed by atoms with Gasteiger partial charge in [0.1, 0.15) is 28.7 Å². The molecule has 11 nitrogen and oxygen atoms in total. The number of anilines is 1. The van der Waals surface area contributed by atoms with Crippen LogP contribution < -0.4 is 10.6 Å². The molecule has 0 radical (unpaired) electrons. The highest BCUT2D eigenvalue weighted by Crippen LogP contribution is 2.60. The summed E-state index contributed by atoms with van der Waals surface area (Å²) in [7, 11) is 0. The van der Waals surface area contributed by atoms with E-state index < -0.39 is 6.04 Å². The van der Waals surface area contributed by atoms with E-state index in [1.165, 1.54) is 11.6 Å². The Kier molecular flexibility index (Phi) is 10.2. The summed E-state index contributed by atoms with van der Waals surface area (Å²) in [5.74, 6) is -0.742. The minimum absolute atomic E-state index is 0.186. The molecule has 1 aliphatic carbocycles. The number of Topliss-reactive ketones (excluding diaryl/α,β-unsaturated/α-hetero) is 1. The number of benzene rings is 1. The van der Waals surface area contributed by atoms with Crippen LogP contribution in [0.3, 0.4) is 0 Å². The number of carbonyl (C=O) groups excluding carboxylic acids is 4. The summed E-state index contributed by atoms with van der Waals surface area (Å²) in [4.78, 5) is 59.3. The van der Waals surface area contributed by atoms with Gasteiger partial charge in [0.25, 0.3) is 5.91 Å². The standard InChI is InChI=1S/C34H39BrN6O5/c1-5-7-8-9-14-36-32(44)23-11-12-24-25(16-23)40(39-30(24)22(4)42)19-29(43)41-26(17-34(18-27(34)41)20-46-15-6-2)33(45)38-31-21(3)10-13-28(35)37-31/h5-6,10-13,16,26-27H,1-2,7-9,14-15,17-20H2,3-4H3,(H,36,44)(H,37,38,45)/t26-,27+,34-/m0/s1. The van der Waals surface area contributed by atoms with Crippen LogP contribution in [0.15, 0.2) is 60.2 Å². The van der Waals surface area contributed by atoms with Gasteiger partial charge in [-0.15, -0.1) is 13.2 Å². The first-order chi connectivity index (χ1) is 22.1. The van der Waals surface area contributed by atoms with E-state index in [0.717, 1.165) is 24.8 Å². The number of rotatable bonds is 15. The maximum atomic E-state index is 14.1. The number of hydrogen-bond donors (Lipinski definition) is 2. The summed E-state index contributed by atoms with van der Waals surface area (Å²) in [5, 5.41) is 10.9. The lowest BCUT2D eigenvalue weighted by Gasteiger charge is -2.27. The maximum Gasteiger partial charge on any atom is 0.251 e. The molecule has 0 bridgehead atoms. The first kappa shape index (κ1) is 33.2. The first-order valence-corrected chi connectivity index (χ1v) is 16.2. The Labute approximate surface area is 276 Å². The highest BCUT2D eigenvalue weighted by molar-refractivity contribution is 9.10. The third-order valence-corrected chi connectivity index (χ3v) is 9.13. The molecule has 5 rings (SSSR count). The van der Waals surface area contributed by atoms with Gasteiger partial charge in [-0.05, 0) is 84.8 Å². The topological polar surface area (TPSA) is 136 Å². The van der Waals surface area contributed by atoms with E-state index in [0.29, 0.717) is 59.5 Å². The normalized spacial score (nSPS) is 19.8. The zero-order valence-electron chi connectivity index (χ0n) is 26.2. The van der Waals surface area contributed by atoms with Crippen molar-refractivity contribution in [2.75, 3.05) is 25.1 Å². The molecule has 3 heterocycles. The molecular weight excluding hydrogens is 652 g/mol. The van der Waals surface area contributed by atoms with Crippen LogP contribution in [0.1, 0.15) is 65.4 Å². The lowest BCUT2D eigenvalue weighted by Crippen LogP contribution is -2.47. The van der Waals surface area contributed by atoms with Crippen molar-refractivity contribution in [2.45, 2.75) is 64.6 Å². The minimum atomic E-state index is -0.754. The molecule has 2 fully saturated rings. The summed E-state index contributed by atoms with van der Waals surface area (Å²) >= 11 is 3.36. The molecular formula is C34H39BrN6O5. The van der Waals surface area contributed by atoms with Gasteiger partial charge in [-0.25, -0.2) is 4.98 Å². The van der Waals surface area contributed by atoms with Crippen LogP contribution in [0.2, 0.25) is 0 Å². The maximum absolute atomic E-state index is 14.1. The van der Waals surface area contributed by atoms with Crippen LogP contribution in [0.25, 0.3) is 10.9 Å². The number of hydrogen-bond acceptors (Lipinski definition) is 7. The molecule has 0 spiro atoms. The second-order valence-corrected chi connectivity index (χ2v) is 12.8. The number of nitrogens with zero attached hydrogens (tertiary/aromatic N) is 4. The van der Waals surface area contributed by atoms with Gasteiger partial charge >= 0.3 is 0 Å². The monoisotopic (exact) mass is 690 g/mol. The fourth-order valence-electron chi connectivity index (χ4n) is 6.22. The van der Waals surface area contributed by atoms with Gasteiger partial charge in [-0.1, -0.05) is 18.2 Å². The van der Waals surface area contributed by atoms with Crippen LogP contribution in [0.5, 0.6) is 0 Å². The Bertz CT molecular complexity index is 1700. The van der Waals surface area contributed by atoms with Crippen molar-refractivity contribution in [2.24, 2.45) is 5.41 Å². The second kappa shape index (κ2) is 14.1. The van der Waals surface area contributed by atoms with Crippen LogP contribution in [-0.2, 0) is 20.9 Å². The predicted octanol–water partition coefficient (Wildman–Crippen LogP) is 4.99. The molecule has 3 amide bonds. The van der Waals surface area contributed by atoms with Crippen LogP contribution >= 0.6 is 15.9 Å². The molecule has 242 valence electrons. The van der Waals surface area contributed by atoms with Crippen LogP contribution in [-0.4, -0.2) is 75.0 Å². The van der Waals surface area contributed by atoms with Gasteiger partial charge < -0.3 is 20.3 Å². The Morgan fingerprint density at radius 2 is 1.93 bits per heavy atom. The van der Waals surface area contributed by atoms with E-state index in [1.807, 2.05) is 19.1 Å². The summed E-state index contributed by atoms with van der Waals surface area (Å²) in [6.45, 7) is 11.8. The van der Waals surface area contributed by atoms with E-state index in [4.69, 9.17) is 4.74 Å². The van der Waals surface area contributed by atoms with Crippen molar-refractivity contribution in [3.63, 3.8) is 0 Å². The number of ketones is 1. The highest BCUT2D eigenvalue weighted by Gasteiger charge is 2.67. The lowest BCUT2D eigenvalue weighted by atomic mass is 10.00. The average Bonchev–Trinajstić information content (AvgIpc) is 3.44. The smallest absolute Gasteiger partial charge is 0.251 e. The van der Waals surface area contributed by atoms with E-state index >= 15 is 0 Å². The molecule has 0 unspecified atom stereocenters. The lowest BCUT2D eigenvalue weighted by molar-refractivity contribution is -0.138. The van der Waals surface area contributed by atoms with E-state index in [2.05, 4.69) is 49.8 Å². The quantitative estimate of drug-likeness (QED) is 0.0993. The van der Waals surface area contributed by atoms with E-state index in [9.17, 15) is 19.2 Å². The van der Waals surface area contributed by atoms with Crippen molar-refractivity contribution in [1.29, 1.82) is 0 Å². The number of pyridine rings is 1. The fraction of sp³-hybridized carbons (Fsp3) is 0.412. The number of unbranched alkanes of at least 4 members (excludes halogenated alkanes) is 2. The first-order valence-electron chi connectivity index (χ1n) is 15.4. The van der Waals surface area contributed by atoms with Gasteiger partial charge in [0.2, 0.25) is 11.8 Å². The zero-order valence-corrected chi connectivity index (χ0v) is 27.8. The van der Waals surface area contributed by atoms with Crippen molar-refractivity contribution in [3.8, 4) is 0 Å². The van der Waals surface area contributed by atoms with Gasteiger partial charge in [-0.3, -0.25) is 23.9 Å². The number of amides is 3. The van der Waals surface area contributed by atoms with E-state index in [-0.39, 0.29) is 47.2 Å². The average molecular weight is 692 g/mol. The molecule has 46 heavy (non-hydrogen) atoms. The van der Waals surface area contributed by atoms with E-state index in [1.54, 1.807) is 35.2 Å². The van der Waals surface area contributed by atoms with Crippen LogP contribution in [0, 0.1) is 12.3 Å². The molecule has 2 aliphatic rings. The third kappa shape index (κ3) is 6.97. The molecule has 3 aromatic rings. The number of nitrogens with one attached hydrogen (secondary N) is 2. The third-order valence-electron chi connectivity index (χ3n) is 8.69. The number of aryl methyl sites for hydroxylation is 1. The number of aromatic nitrogens is 3. The van der Waals surface area contributed by atoms with Crippen molar-refractivity contribution in [3.05, 3.63) is 77.1 Å². The van der Waals surface area contributed by atoms with Crippen LogP contribution in [0.4, 0.5) is 5.82 Å². The molecule has 12 heteroatoms. The van der Waals surface area contributed by atoms with Gasteiger partial charge in [0.05, 0.1) is 18.7 Å². The Balaban J connectivity index is 1.40.